The number of hydrogen-bond acceptors (Lipinski definition) is 2. The molecule has 1 atom stereocenters. The van der Waals surface area contributed by atoms with Crippen LogP contribution in [0, 0.1) is 5.92 Å². The molecule has 0 spiro atoms. The van der Waals surface area contributed by atoms with Crippen molar-refractivity contribution >= 4 is 11.4 Å². The Morgan fingerprint density at radius 1 is 1.35 bits per heavy atom. The van der Waals surface area contributed by atoms with E-state index < -0.39 is 0 Å². The standard InChI is InChI=1S/C15H22N2/c1-11(12-4-3-5-12)16-14-6-7-15-13(10-14)8-9-17(15)2/h6-7,10-12,16H,3-5,8-9H2,1-2H3. The Morgan fingerprint density at radius 2 is 2.18 bits per heavy atom. The molecule has 0 amide bonds. The molecule has 1 unspecified atom stereocenters. The van der Waals surface area contributed by atoms with Crippen molar-refractivity contribution in [2.45, 2.75) is 38.6 Å². The van der Waals surface area contributed by atoms with Crippen molar-refractivity contribution < 1.29 is 0 Å². The average molecular weight is 230 g/mol. The number of benzene rings is 1. The SMILES string of the molecule is CC(Nc1ccc2c(c1)CCN2C)C1CCC1. The second kappa shape index (κ2) is 4.25. The summed E-state index contributed by atoms with van der Waals surface area (Å²) in [5, 5.41) is 3.67. The number of hydrogen-bond donors (Lipinski definition) is 1. The third-order valence-electron chi connectivity index (χ3n) is 4.46. The fourth-order valence-corrected chi connectivity index (χ4v) is 2.98. The van der Waals surface area contributed by atoms with Crippen LogP contribution < -0.4 is 10.2 Å². The normalized spacial score (nSPS) is 20.9. The van der Waals surface area contributed by atoms with Gasteiger partial charge in [0.15, 0.2) is 0 Å². The Bertz CT molecular complexity index is 409. The molecule has 0 saturated heterocycles. The molecule has 3 rings (SSSR count). The van der Waals surface area contributed by atoms with Gasteiger partial charge in [-0.3, -0.25) is 0 Å². The van der Waals surface area contributed by atoms with Crippen molar-refractivity contribution in [3.8, 4) is 0 Å². The van der Waals surface area contributed by atoms with E-state index in [0.717, 1.165) is 12.5 Å². The van der Waals surface area contributed by atoms with Crippen molar-refractivity contribution in [1.82, 2.24) is 0 Å². The van der Waals surface area contributed by atoms with Gasteiger partial charge in [-0.25, -0.2) is 0 Å². The number of nitrogens with zero attached hydrogens (tertiary/aromatic N) is 1. The summed E-state index contributed by atoms with van der Waals surface area (Å²) in [6, 6.07) is 7.46. The van der Waals surface area contributed by atoms with Gasteiger partial charge in [-0.05, 0) is 55.9 Å². The molecule has 1 aliphatic heterocycles. The summed E-state index contributed by atoms with van der Waals surface area (Å²) in [7, 11) is 2.18. The van der Waals surface area contributed by atoms with Crippen molar-refractivity contribution in [2.24, 2.45) is 5.92 Å². The van der Waals surface area contributed by atoms with E-state index >= 15 is 0 Å². The molecule has 1 aromatic carbocycles. The Labute approximate surface area is 104 Å². The topological polar surface area (TPSA) is 15.3 Å². The number of nitrogens with one attached hydrogen (secondary N) is 1. The number of rotatable bonds is 3. The van der Waals surface area contributed by atoms with E-state index in [2.05, 4.69) is 42.4 Å². The molecular formula is C15H22N2. The van der Waals surface area contributed by atoms with Crippen LogP contribution in [0.3, 0.4) is 0 Å². The van der Waals surface area contributed by atoms with E-state index in [4.69, 9.17) is 0 Å². The summed E-state index contributed by atoms with van der Waals surface area (Å²) in [6.07, 6.45) is 5.43. The van der Waals surface area contributed by atoms with Crippen molar-refractivity contribution in [3.05, 3.63) is 23.8 Å². The van der Waals surface area contributed by atoms with Crippen molar-refractivity contribution in [2.75, 3.05) is 23.8 Å². The molecule has 0 aromatic heterocycles. The molecule has 0 radical (unpaired) electrons. The molecule has 1 aromatic rings. The average Bonchev–Trinajstić information content (AvgIpc) is 2.57. The molecule has 1 heterocycles. The molecular weight excluding hydrogens is 208 g/mol. The zero-order chi connectivity index (χ0) is 11.8. The second-order valence-corrected chi connectivity index (χ2v) is 5.64. The van der Waals surface area contributed by atoms with Crippen LogP contribution in [0.5, 0.6) is 0 Å². The predicted molar refractivity (Wildman–Crippen MR) is 73.8 cm³/mol. The minimum absolute atomic E-state index is 0.626. The van der Waals surface area contributed by atoms with Crippen molar-refractivity contribution in [3.63, 3.8) is 0 Å². The smallest absolute Gasteiger partial charge is 0.0398 e. The molecule has 0 bridgehead atoms. The van der Waals surface area contributed by atoms with Crippen LogP contribution >= 0.6 is 0 Å². The van der Waals surface area contributed by atoms with Crippen LogP contribution in [0.25, 0.3) is 0 Å². The minimum atomic E-state index is 0.626. The quantitative estimate of drug-likeness (QED) is 0.857. The maximum Gasteiger partial charge on any atom is 0.0398 e. The fourth-order valence-electron chi connectivity index (χ4n) is 2.98. The lowest BCUT2D eigenvalue weighted by molar-refractivity contribution is 0.285. The first-order chi connectivity index (χ1) is 8.24. The summed E-state index contributed by atoms with van der Waals surface area (Å²) in [6.45, 7) is 3.49. The highest BCUT2D eigenvalue weighted by Crippen LogP contribution is 2.33. The summed E-state index contributed by atoms with van der Waals surface area (Å²) < 4.78 is 0. The van der Waals surface area contributed by atoms with Gasteiger partial charge < -0.3 is 10.2 Å². The molecule has 92 valence electrons. The molecule has 2 aliphatic rings. The van der Waals surface area contributed by atoms with Crippen LogP contribution in [0.15, 0.2) is 18.2 Å². The highest BCUT2D eigenvalue weighted by molar-refractivity contribution is 5.63. The molecule has 1 fully saturated rings. The maximum absolute atomic E-state index is 3.67. The third-order valence-corrected chi connectivity index (χ3v) is 4.46. The van der Waals surface area contributed by atoms with Gasteiger partial charge >= 0.3 is 0 Å². The lowest BCUT2D eigenvalue weighted by atomic mass is 9.80. The van der Waals surface area contributed by atoms with E-state index in [0.29, 0.717) is 6.04 Å². The van der Waals surface area contributed by atoms with Crippen LogP contribution in [0.2, 0.25) is 0 Å². The monoisotopic (exact) mass is 230 g/mol. The molecule has 17 heavy (non-hydrogen) atoms. The van der Waals surface area contributed by atoms with Gasteiger partial charge in [-0.1, -0.05) is 6.42 Å². The van der Waals surface area contributed by atoms with Gasteiger partial charge in [-0.2, -0.15) is 0 Å². The Kier molecular flexibility index (Phi) is 2.73. The van der Waals surface area contributed by atoms with Gasteiger partial charge in [-0.15, -0.1) is 0 Å². The second-order valence-electron chi connectivity index (χ2n) is 5.64. The van der Waals surface area contributed by atoms with Crippen LogP contribution in [0.1, 0.15) is 31.7 Å². The van der Waals surface area contributed by atoms with Crippen LogP contribution in [-0.2, 0) is 6.42 Å². The molecule has 2 nitrogen and oxygen atoms in total. The predicted octanol–water partition coefficient (Wildman–Crippen LogP) is 3.28. The molecule has 1 aliphatic carbocycles. The maximum atomic E-state index is 3.67. The summed E-state index contributed by atoms with van der Waals surface area (Å²) >= 11 is 0. The van der Waals surface area contributed by atoms with Gasteiger partial charge in [0, 0.05) is 31.0 Å². The van der Waals surface area contributed by atoms with Crippen molar-refractivity contribution in [1.29, 1.82) is 0 Å². The Morgan fingerprint density at radius 3 is 2.88 bits per heavy atom. The van der Waals surface area contributed by atoms with E-state index in [-0.39, 0.29) is 0 Å². The van der Waals surface area contributed by atoms with E-state index in [1.165, 1.54) is 42.6 Å². The largest absolute Gasteiger partial charge is 0.382 e. The molecule has 1 saturated carbocycles. The zero-order valence-electron chi connectivity index (χ0n) is 10.9. The van der Waals surface area contributed by atoms with Gasteiger partial charge in [0.1, 0.15) is 0 Å². The first-order valence-corrected chi connectivity index (χ1v) is 6.84. The van der Waals surface area contributed by atoms with Gasteiger partial charge in [0.25, 0.3) is 0 Å². The zero-order valence-corrected chi connectivity index (χ0v) is 10.9. The summed E-state index contributed by atoms with van der Waals surface area (Å²) in [5.74, 6) is 0.894. The fraction of sp³-hybridized carbons (Fsp3) is 0.600. The minimum Gasteiger partial charge on any atom is -0.382 e. The molecule has 1 N–H and O–H groups in total. The lowest BCUT2D eigenvalue weighted by Crippen LogP contribution is -2.30. The lowest BCUT2D eigenvalue weighted by Gasteiger charge is -2.32. The van der Waals surface area contributed by atoms with E-state index in [1.807, 2.05) is 0 Å². The first-order valence-electron chi connectivity index (χ1n) is 6.84. The number of likely N-dealkylation sites (N-methyl/N-ethyl adjacent to an activating group) is 1. The van der Waals surface area contributed by atoms with Crippen LogP contribution in [-0.4, -0.2) is 19.6 Å². The Hall–Kier alpha value is -1.18. The number of anilines is 2. The summed E-state index contributed by atoms with van der Waals surface area (Å²) in [4.78, 5) is 2.34. The summed E-state index contributed by atoms with van der Waals surface area (Å²) in [5.41, 5.74) is 4.21. The van der Waals surface area contributed by atoms with E-state index in [1.54, 1.807) is 0 Å². The molecule has 2 heteroatoms. The number of fused-ring (bicyclic) bond motifs is 1. The first kappa shape index (κ1) is 10.9. The van der Waals surface area contributed by atoms with Gasteiger partial charge in [0.2, 0.25) is 0 Å². The van der Waals surface area contributed by atoms with Crippen LogP contribution in [0.4, 0.5) is 11.4 Å². The van der Waals surface area contributed by atoms with Gasteiger partial charge in [0.05, 0.1) is 0 Å². The Balaban J connectivity index is 1.71. The van der Waals surface area contributed by atoms with E-state index in [9.17, 15) is 0 Å². The highest BCUT2D eigenvalue weighted by Gasteiger charge is 2.24. The third kappa shape index (κ3) is 2.01. The highest BCUT2D eigenvalue weighted by atomic mass is 15.1.